The van der Waals surface area contributed by atoms with Gasteiger partial charge in [-0.15, -0.1) is 0 Å². The molecule has 0 amide bonds. The van der Waals surface area contributed by atoms with Crippen molar-refractivity contribution in [3.63, 3.8) is 0 Å². The van der Waals surface area contributed by atoms with Crippen LogP contribution in [-0.4, -0.2) is 31.8 Å². The van der Waals surface area contributed by atoms with Crippen LogP contribution in [0, 0.1) is 0 Å². The Balaban J connectivity index is 2.17. The largest absolute Gasteiger partial charge is 0.303 e. The minimum Gasteiger partial charge on any atom is -0.303 e. The van der Waals surface area contributed by atoms with Gasteiger partial charge in [0.25, 0.3) is 0 Å². The van der Waals surface area contributed by atoms with Crippen LogP contribution in [0.2, 0.25) is 0 Å². The molecule has 3 heteroatoms. The molecule has 0 aromatic heterocycles. The lowest BCUT2D eigenvalue weighted by molar-refractivity contribution is 0.241. The zero-order valence-corrected chi connectivity index (χ0v) is 5.28. The Labute approximate surface area is 50.0 Å². The summed E-state index contributed by atoms with van der Waals surface area (Å²) in [5, 5.41) is 5.32. The summed E-state index contributed by atoms with van der Waals surface area (Å²) in [6.45, 7) is 3.20. The number of nitrogens with zero attached hydrogens (tertiary/aromatic N) is 1. The number of nitrogens with one attached hydrogen (secondary N) is 2. The molecule has 1 aliphatic rings. The van der Waals surface area contributed by atoms with Crippen LogP contribution in [0.4, 0.5) is 0 Å². The van der Waals surface area contributed by atoms with Crippen LogP contribution in [0.15, 0.2) is 0 Å². The van der Waals surface area contributed by atoms with Crippen LogP contribution in [0.25, 0.3) is 0 Å². The van der Waals surface area contributed by atoms with Crippen molar-refractivity contribution in [3.05, 3.63) is 0 Å². The highest BCUT2D eigenvalue weighted by atomic mass is 15.5. The van der Waals surface area contributed by atoms with Gasteiger partial charge in [0.1, 0.15) is 0 Å². The van der Waals surface area contributed by atoms with E-state index in [0.717, 1.165) is 19.8 Å². The molecule has 0 spiro atoms. The van der Waals surface area contributed by atoms with Crippen molar-refractivity contribution >= 4 is 0 Å². The maximum Gasteiger partial charge on any atom is 0.0617 e. The van der Waals surface area contributed by atoms with E-state index in [0.29, 0.717) is 0 Å². The molecule has 1 heterocycles. The minimum absolute atomic E-state index is 0.958. The van der Waals surface area contributed by atoms with Gasteiger partial charge in [0, 0.05) is 13.6 Å². The molecule has 8 heavy (non-hydrogen) atoms. The highest BCUT2D eigenvalue weighted by Gasteiger charge is 1.99. The standard InChI is InChI=1S/C5H13N3/c1-8-5-6-3-2-4-7-8/h6-7H,2-5H2,1H3. The van der Waals surface area contributed by atoms with Crippen molar-refractivity contribution in [3.8, 4) is 0 Å². The van der Waals surface area contributed by atoms with E-state index in [1.54, 1.807) is 0 Å². The molecule has 48 valence electrons. The van der Waals surface area contributed by atoms with Gasteiger partial charge in [0.15, 0.2) is 0 Å². The predicted octanol–water partition coefficient (Wildman–Crippen LogP) is -0.626. The van der Waals surface area contributed by atoms with E-state index in [-0.39, 0.29) is 0 Å². The molecule has 0 radical (unpaired) electrons. The van der Waals surface area contributed by atoms with Crippen molar-refractivity contribution in [2.24, 2.45) is 0 Å². The van der Waals surface area contributed by atoms with Gasteiger partial charge in [0.05, 0.1) is 6.67 Å². The average molecular weight is 115 g/mol. The molecule has 0 bridgehead atoms. The third kappa shape index (κ3) is 1.78. The second kappa shape index (κ2) is 3.02. The second-order valence-electron chi connectivity index (χ2n) is 2.12. The van der Waals surface area contributed by atoms with Crippen LogP contribution >= 0.6 is 0 Å². The fourth-order valence-electron chi connectivity index (χ4n) is 0.786. The van der Waals surface area contributed by atoms with Gasteiger partial charge in [-0.25, -0.2) is 5.01 Å². The fraction of sp³-hybridized carbons (Fsp3) is 1.00. The Bertz CT molecular complexity index is 56.7. The first kappa shape index (κ1) is 6.01. The summed E-state index contributed by atoms with van der Waals surface area (Å²) in [6.07, 6.45) is 1.23. The summed E-state index contributed by atoms with van der Waals surface area (Å²) in [7, 11) is 2.04. The lowest BCUT2D eigenvalue weighted by atomic mass is 10.4. The first-order valence-electron chi connectivity index (χ1n) is 3.05. The molecule has 0 atom stereocenters. The first-order chi connectivity index (χ1) is 3.89. The van der Waals surface area contributed by atoms with Gasteiger partial charge in [0.2, 0.25) is 0 Å². The zero-order valence-electron chi connectivity index (χ0n) is 5.28. The molecule has 0 aliphatic carbocycles. The molecular formula is C5H13N3. The molecule has 0 aromatic rings. The van der Waals surface area contributed by atoms with E-state index in [2.05, 4.69) is 15.8 Å². The van der Waals surface area contributed by atoms with Crippen molar-refractivity contribution < 1.29 is 0 Å². The topological polar surface area (TPSA) is 27.3 Å². The lowest BCUT2D eigenvalue weighted by Crippen LogP contribution is -2.37. The average Bonchev–Trinajstić information content (AvgIpc) is 1.94. The fourth-order valence-corrected chi connectivity index (χ4v) is 0.786. The van der Waals surface area contributed by atoms with Gasteiger partial charge in [-0.2, -0.15) is 0 Å². The van der Waals surface area contributed by atoms with Gasteiger partial charge >= 0.3 is 0 Å². The Morgan fingerprint density at radius 3 is 3.12 bits per heavy atom. The SMILES string of the molecule is CN1CNCCCN1. The molecule has 0 saturated carbocycles. The smallest absolute Gasteiger partial charge is 0.0617 e. The zero-order chi connectivity index (χ0) is 5.82. The molecule has 1 aliphatic heterocycles. The summed E-state index contributed by atoms with van der Waals surface area (Å²) in [6, 6.07) is 0. The van der Waals surface area contributed by atoms with Gasteiger partial charge in [-0.3, -0.25) is 5.43 Å². The highest BCUT2D eigenvalue weighted by Crippen LogP contribution is 1.81. The van der Waals surface area contributed by atoms with Crippen LogP contribution in [0.1, 0.15) is 6.42 Å². The van der Waals surface area contributed by atoms with Gasteiger partial charge in [-0.05, 0) is 13.0 Å². The Morgan fingerprint density at radius 1 is 1.38 bits per heavy atom. The maximum absolute atomic E-state index is 3.26. The van der Waals surface area contributed by atoms with E-state index < -0.39 is 0 Å². The Morgan fingerprint density at radius 2 is 2.25 bits per heavy atom. The molecule has 0 unspecified atom stereocenters. The van der Waals surface area contributed by atoms with E-state index in [1.165, 1.54) is 6.42 Å². The summed E-state index contributed by atoms with van der Waals surface area (Å²) in [5.74, 6) is 0. The number of hydrogen-bond acceptors (Lipinski definition) is 3. The number of hydrogen-bond donors (Lipinski definition) is 2. The van der Waals surface area contributed by atoms with Gasteiger partial charge < -0.3 is 5.32 Å². The van der Waals surface area contributed by atoms with Crippen molar-refractivity contribution in [2.45, 2.75) is 6.42 Å². The monoisotopic (exact) mass is 115 g/mol. The summed E-state index contributed by atoms with van der Waals surface area (Å²) >= 11 is 0. The van der Waals surface area contributed by atoms with Crippen molar-refractivity contribution in [1.82, 2.24) is 15.8 Å². The third-order valence-electron chi connectivity index (χ3n) is 1.26. The first-order valence-corrected chi connectivity index (χ1v) is 3.05. The van der Waals surface area contributed by atoms with Crippen molar-refractivity contribution in [2.75, 3.05) is 26.8 Å². The van der Waals surface area contributed by atoms with Gasteiger partial charge in [-0.1, -0.05) is 0 Å². The molecule has 1 rings (SSSR count). The van der Waals surface area contributed by atoms with E-state index in [4.69, 9.17) is 0 Å². The predicted molar refractivity (Wildman–Crippen MR) is 33.3 cm³/mol. The van der Waals surface area contributed by atoms with E-state index >= 15 is 0 Å². The lowest BCUT2D eigenvalue weighted by Gasteiger charge is -2.12. The Kier molecular flexibility index (Phi) is 2.27. The molecule has 3 nitrogen and oxygen atoms in total. The van der Waals surface area contributed by atoms with E-state index in [9.17, 15) is 0 Å². The number of hydrazine groups is 1. The maximum atomic E-state index is 3.26. The Hall–Kier alpha value is -0.120. The summed E-state index contributed by atoms with van der Waals surface area (Å²) in [5.41, 5.74) is 3.22. The molecule has 0 aromatic carbocycles. The van der Waals surface area contributed by atoms with Crippen molar-refractivity contribution in [1.29, 1.82) is 0 Å². The minimum atomic E-state index is 0.958. The quantitative estimate of drug-likeness (QED) is 0.440. The number of rotatable bonds is 0. The molecule has 2 N–H and O–H groups in total. The van der Waals surface area contributed by atoms with Crippen LogP contribution < -0.4 is 10.7 Å². The second-order valence-corrected chi connectivity index (χ2v) is 2.12. The van der Waals surface area contributed by atoms with Crippen LogP contribution in [0.5, 0.6) is 0 Å². The molecular weight excluding hydrogens is 102 g/mol. The third-order valence-corrected chi connectivity index (χ3v) is 1.26. The van der Waals surface area contributed by atoms with E-state index in [1.807, 2.05) is 7.05 Å². The van der Waals surface area contributed by atoms with Crippen LogP contribution in [-0.2, 0) is 0 Å². The normalized spacial score (nSPS) is 25.1. The molecule has 1 fully saturated rings. The summed E-state index contributed by atoms with van der Waals surface area (Å²) in [4.78, 5) is 0. The summed E-state index contributed by atoms with van der Waals surface area (Å²) < 4.78 is 0. The van der Waals surface area contributed by atoms with Crippen LogP contribution in [0.3, 0.4) is 0 Å². The highest BCUT2D eigenvalue weighted by molar-refractivity contribution is 4.53. The molecule has 1 saturated heterocycles.